The Hall–Kier alpha value is -2.43. The minimum atomic E-state index is -4.49. The van der Waals surface area contributed by atoms with Crippen molar-refractivity contribution in [1.82, 2.24) is 25.6 Å². The van der Waals surface area contributed by atoms with Gasteiger partial charge in [0, 0.05) is 50.4 Å². The smallest absolute Gasteiger partial charge is 0.356 e. The zero-order valence-electron chi connectivity index (χ0n) is 14.4. The summed E-state index contributed by atoms with van der Waals surface area (Å²) >= 11 is 1.65. The first-order chi connectivity index (χ1) is 12.4. The summed E-state index contributed by atoms with van der Waals surface area (Å²) in [6, 6.07) is 0.832. The van der Waals surface area contributed by atoms with Gasteiger partial charge in [-0.1, -0.05) is 0 Å². The van der Waals surface area contributed by atoms with E-state index in [1.807, 2.05) is 13.1 Å². The van der Waals surface area contributed by atoms with E-state index in [1.165, 1.54) is 4.88 Å². The summed E-state index contributed by atoms with van der Waals surface area (Å²) in [5.41, 5.74) is -0.974. The number of guanidine groups is 1. The van der Waals surface area contributed by atoms with Gasteiger partial charge in [0.15, 0.2) is 5.96 Å². The van der Waals surface area contributed by atoms with Crippen LogP contribution in [-0.2, 0) is 12.6 Å². The first kappa shape index (κ1) is 19.9. The second-order valence-electron chi connectivity index (χ2n) is 5.23. The summed E-state index contributed by atoms with van der Waals surface area (Å²) in [6.45, 7) is 3.47. The third-order valence-corrected chi connectivity index (χ3v) is 4.14. The fourth-order valence-electron chi connectivity index (χ4n) is 1.98. The third-order valence-electron chi connectivity index (χ3n) is 3.17. The lowest BCUT2D eigenvalue weighted by Crippen LogP contribution is -2.40. The molecule has 2 heterocycles. The number of hydrogen-bond acceptors (Lipinski definition) is 6. The summed E-state index contributed by atoms with van der Waals surface area (Å²) in [5, 5.41) is 10.0. The zero-order valence-corrected chi connectivity index (χ0v) is 15.2. The Bertz CT molecular complexity index is 730. The summed E-state index contributed by atoms with van der Waals surface area (Å²) in [6.07, 6.45) is -0.782. The normalized spacial score (nSPS) is 12.1. The SMILES string of the molecule is CN=C(NCCNc1nccc(C(F)(F)F)n1)NCCc1ncc(C)s1. The fourth-order valence-corrected chi connectivity index (χ4v) is 2.77. The van der Waals surface area contributed by atoms with Gasteiger partial charge in [-0.2, -0.15) is 13.2 Å². The average molecular weight is 387 g/mol. The highest BCUT2D eigenvalue weighted by Crippen LogP contribution is 2.27. The van der Waals surface area contributed by atoms with Crippen molar-refractivity contribution in [3.05, 3.63) is 34.0 Å². The van der Waals surface area contributed by atoms with Crippen LogP contribution in [0.1, 0.15) is 15.6 Å². The number of hydrogen-bond donors (Lipinski definition) is 3. The molecule has 0 aliphatic carbocycles. The van der Waals surface area contributed by atoms with E-state index in [2.05, 4.69) is 35.9 Å². The van der Waals surface area contributed by atoms with Gasteiger partial charge in [0.1, 0.15) is 5.69 Å². The molecule has 0 atom stereocenters. The van der Waals surface area contributed by atoms with Crippen molar-refractivity contribution < 1.29 is 13.2 Å². The predicted molar refractivity (Wildman–Crippen MR) is 95.4 cm³/mol. The zero-order chi connectivity index (χ0) is 19.0. The summed E-state index contributed by atoms with van der Waals surface area (Å²) < 4.78 is 37.8. The van der Waals surface area contributed by atoms with Crippen LogP contribution in [0, 0.1) is 6.92 Å². The van der Waals surface area contributed by atoms with Crippen LogP contribution in [0.5, 0.6) is 0 Å². The van der Waals surface area contributed by atoms with Crippen LogP contribution >= 0.6 is 11.3 Å². The quantitative estimate of drug-likeness (QED) is 0.383. The molecule has 0 aliphatic heterocycles. The summed E-state index contributed by atoms with van der Waals surface area (Å²) in [4.78, 5) is 16.8. The Labute approximate surface area is 153 Å². The Balaban J connectivity index is 1.69. The van der Waals surface area contributed by atoms with Crippen LogP contribution in [0.15, 0.2) is 23.5 Å². The van der Waals surface area contributed by atoms with E-state index in [9.17, 15) is 13.2 Å². The molecular formula is C15H20F3N7S. The number of nitrogens with zero attached hydrogens (tertiary/aromatic N) is 4. The monoisotopic (exact) mass is 387 g/mol. The topological polar surface area (TPSA) is 87.1 Å². The molecule has 0 saturated heterocycles. The van der Waals surface area contributed by atoms with Crippen molar-refractivity contribution in [2.75, 3.05) is 32.0 Å². The van der Waals surface area contributed by atoms with Crippen LogP contribution < -0.4 is 16.0 Å². The van der Waals surface area contributed by atoms with Gasteiger partial charge in [0.2, 0.25) is 5.95 Å². The highest BCUT2D eigenvalue weighted by atomic mass is 32.1. The second-order valence-corrected chi connectivity index (χ2v) is 6.55. The Morgan fingerprint density at radius 2 is 1.96 bits per heavy atom. The maximum atomic E-state index is 12.6. The number of rotatable bonds is 7. The van der Waals surface area contributed by atoms with Gasteiger partial charge in [-0.3, -0.25) is 4.99 Å². The van der Waals surface area contributed by atoms with E-state index in [0.29, 0.717) is 25.6 Å². The summed E-state index contributed by atoms with van der Waals surface area (Å²) in [5.74, 6) is 0.536. The molecule has 7 nitrogen and oxygen atoms in total. The van der Waals surface area contributed by atoms with Crippen LogP contribution in [0.4, 0.5) is 19.1 Å². The highest BCUT2D eigenvalue weighted by Gasteiger charge is 2.32. The van der Waals surface area contributed by atoms with Gasteiger partial charge in [0.05, 0.1) is 5.01 Å². The van der Waals surface area contributed by atoms with Gasteiger partial charge >= 0.3 is 6.18 Å². The largest absolute Gasteiger partial charge is 0.433 e. The lowest BCUT2D eigenvalue weighted by Gasteiger charge is -2.12. The van der Waals surface area contributed by atoms with E-state index in [4.69, 9.17) is 0 Å². The lowest BCUT2D eigenvalue weighted by molar-refractivity contribution is -0.141. The Kier molecular flexibility index (Phi) is 7.13. The maximum absolute atomic E-state index is 12.6. The summed E-state index contributed by atoms with van der Waals surface area (Å²) in [7, 11) is 1.65. The van der Waals surface area contributed by atoms with Crippen LogP contribution in [-0.4, -0.2) is 47.6 Å². The molecule has 11 heteroatoms. The Morgan fingerprint density at radius 3 is 2.62 bits per heavy atom. The molecule has 0 aromatic carbocycles. The second kappa shape index (κ2) is 9.32. The van der Waals surface area contributed by atoms with Crippen LogP contribution in [0.2, 0.25) is 0 Å². The molecule has 3 N–H and O–H groups in total. The molecule has 0 aliphatic rings. The maximum Gasteiger partial charge on any atom is 0.433 e. The number of halogens is 3. The Morgan fingerprint density at radius 1 is 1.19 bits per heavy atom. The molecule has 142 valence electrons. The average Bonchev–Trinajstić information content (AvgIpc) is 3.02. The van der Waals surface area contributed by atoms with Crippen molar-refractivity contribution in [2.45, 2.75) is 19.5 Å². The van der Waals surface area contributed by atoms with E-state index in [1.54, 1.807) is 18.4 Å². The molecule has 2 aromatic heterocycles. The first-order valence-corrected chi connectivity index (χ1v) is 8.70. The fraction of sp³-hybridized carbons (Fsp3) is 0.467. The molecule has 0 spiro atoms. The van der Waals surface area contributed by atoms with Crippen molar-refractivity contribution >= 4 is 23.2 Å². The first-order valence-electron chi connectivity index (χ1n) is 7.88. The number of aromatic nitrogens is 3. The molecule has 2 aromatic rings. The standard InChI is InChI=1S/C15H20F3N7S/c1-10-9-24-12(26-10)4-6-20-13(19-2)22-7-8-23-14-21-5-3-11(25-14)15(16,17)18/h3,5,9H,4,6-8H2,1-2H3,(H2,19,20,22)(H,21,23,25). The van der Waals surface area contributed by atoms with Crippen molar-refractivity contribution in [3.63, 3.8) is 0 Å². The lowest BCUT2D eigenvalue weighted by atomic mass is 10.4. The minimum Gasteiger partial charge on any atom is -0.356 e. The number of nitrogens with one attached hydrogen (secondary N) is 3. The molecule has 0 radical (unpaired) electrons. The number of thiazole rings is 1. The molecule has 2 rings (SSSR count). The van der Waals surface area contributed by atoms with E-state index in [-0.39, 0.29) is 5.95 Å². The van der Waals surface area contributed by atoms with Gasteiger partial charge in [-0.15, -0.1) is 11.3 Å². The number of aryl methyl sites for hydroxylation is 1. The van der Waals surface area contributed by atoms with Crippen LogP contribution in [0.3, 0.4) is 0 Å². The molecular weight excluding hydrogens is 367 g/mol. The molecule has 0 fully saturated rings. The van der Waals surface area contributed by atoms with Gasteiger partial charge in [-0.05, 0) is 13.0 Å². The van der Waals surface area contributed by atoms with Crippen molar-refractivity contribution in [2.24, 2.45) is 4.99 Å². The van der Waals surface area contributed by atoms with Gasteiger partial charge in [-0.25, -0.2) is 15.0 Å². The molecule has 26 heavy (non-hydrogen) atoms. The highest BCUT2D eigenvalue weighted by molar-refractivity contribution is 7.11. The van der Waals surface area contributed by atoms with E-state index < -0.39 is 11.9 Å². The number of anilines is 1. The van der Waals surface area contributed by atoms with Gasteiger partial charge < -0.3 is 16.0 Å². The molecule has 0 saturated carbocycles. The molecule has 0 unspecified atom stereocenters. The van der Waals surface area contributed by atoms with E-state index >= 15 is 0 Å². The third kappa shape index (κ3) is 6.47. The predicted octanol–water partition coefficient (Wildman–Crippen LogP) is 2.08. The van der Waals surface area contributed by atoms with Crippen LogP contribution in [0.25, 0.3) is 0 Å². The molecule has 0 amide bonds. The van der Waals surface area contributed by atoms with Crippen molar-refractivity contribution in [3.8, 4) is 0 Å². The number of aliphatic imine (C=N–C) groups is 1. The number of alkyl halides is 3. The minimum absolute atomic E-state index is 0.0660. The van der Waals surface area contributed by atoms with Crippen molar-refractivity contribution in [1.29, 1.82) is 0 Å². The van der Waals surface area contributed by atoms with E-state index in [0.717, 1.165) is 23.7 Å². The molecule has 0 bridgehead atoms. The van der Waals surface area contributed by atoms with Gasteiger partial charge in [0.25, 0.3) is 0 Å².